The van der Waals surface area contributed by atoms with Gasteiger partial charge in [0, 0.05) is 0 Å². The predicted octanol–water partition coefficient (Wildman–Crippen LogP) is 0.378. The number of hydrogen-bond acceptors (Lipinski definition) is 4. The van der Waals surface area contributed by atoms with Crippen LogP contribution in [-0.2, 0) is 15.8 Å². The Morgan fingerprint density at radius 2 is 2.46 bits per heavy atom. The fourth-order valence-electron chi connectivity index (χ4n) is 0.871. The summed E-state index contributed by atoms with van der Waals surface area (Å²) in [6, 6.07) is 3.11. The molecule has 1 unspecified atom stereocenters. The number of hydrogen-bond donors (Lipinski definition) is 1. The van der Waals surface area contributed by atoms with Crippen molar-refractivity contribution in [2.45, 2.75) is 12.1 Å². The molecule has 1 rings (SSSR count). The van der Waals surface area contributed by atoms with Crippen LogP contribution in [0, 0.1) is 0 Å². The topological polar surface area (TPSA) is 90.6 Å². The quantitative estimate of drug-likeness (QED) is 0.712. The highest BCUT2D eigenvalue weighted by atomic mass is 31.1. The second-order valence-corrected chi connectivity index (χ2v) is 3.62. The molecule has 0 aliphatic rings. The number of rotatable bonds is 4. The minimum atomic E-state index is -2.97. The van der Waals surface area contributed by atoms with Crippen molar-refractivity contribution in [3.8, 4) is 0 Å². The minimum absolute atomic E-state index is 0.124. The third kappa shape index (κ3) is 2.65. The molecule has 1 aromatic heterocycles. The summed E-state index contributed by atoms with van der Waals surface area (Å²) >= 11 is 0. The van der Waals surface area contributed by atoms with E-state index in [1.165, 1.54) is 12.3 Å². The fraction of sp³-hybridized carbons (Fsp3) is 0.286. The highest BCUT2D eigenvalue weighted by molar-refractivity contribution is 7.38. The minimum Gasteiger partial charge on any atom is -0.595 e. The van der Waals surface area contributed by atoms with E-state index in [2.05, 4.69) is 0 Å². The third-order valence-electron chi connectivity index (χ3n) is 1.51. The molecule has 0 spiro atoms. The van der Waals surface area contributed by atoms with Gasteiger partial charge in [-0.15, -0.1) is 0 Å². The molecule has 1 aromatic rings. The molecule has 2 atom stereocenters. The van der Waals surface area contributed by atoms with Crippen LogP contribution in [0.1, 0.15) is 5.76 Å². The van der Waals surface area contributed by atoms with Gasteiger partial charge in [0.1, 0.15) is 5.76 Å². The monoisotopic (exact) mass is 202 g/mol. The van der Waals surface area contributed by atoms with E-state index in [4.69, 9.17) is 9.52 Å². The second-order valence-electron chi connectivity index (χ2n) is 2.42. The predicted molar refractivity (Wildman–Crippen MR) is 41.4 cm³/mol. The Hall–Kier alpha value is -1.19. The van der Waals surface area contributed by atoms with Gasteiger partial charge < -0.3 is 14.4 Å². The van der Waals surface area contributed by atoms with E-state index in [1.54, 1.807) is 6.07 Å². The molecule has 13 heavy (non-hydrogen) atoms. The molecule has 0 aromatic carbocycles. The molecule has 6 heteroatoms. The molecule has 0 aliphatic heterocycles. The Labute approximate surface area is 74.9 Å². The first-order valence-corrected chi connectivity index (χ1v) is 4.74. The van der Waals surface area contributed by atoms with E-state index >= 15 is 0 Å². The summed E-state index contributed by atoms with van der Waals surface area (Å²) in [4.78, 5) is 20.9. The summed E-state index contributed by atoms with van der Waals surface area (Å²) in [5, 5.41) is 8.52. The van der Waals surface area contributed by atoms with Crippen molar-refractivity contribution < 1.29 is 23.8 Å². The lowest BCUT2D eigenvalue weighted by atomic mass is 10.2. The van der Waals surface area contributed by atoms with Gasteiger partial charge in [-0.25, -0.2) is 4.79 Å². The van der Waals surface area contributed by atoms with Crippen molar-refractivity contribution in [2.24, 2.45) is 0 Å². The number of aliphatic carboxylic acids is 1. The van der Waals surface area contributed by atoms with Gasteiger partial charge >= 0.3 is 14.0 Å². The first-order valence-electron chi connectivity index (χ1n) is 3.50. The molecule has 0 aliphatic carbocycles. The van der Waals surface area contributed by atoms with Crippen molar-refractivity contribution in [3.63, 3.8) is 0 Å². The van der Waals surface area contributed by atoms with Crippen molar-refractivity contribution >= 4 is 14.0 Å². The zero-order valence-corrected chi connectivity index (χ0v) is 7.44. The number of furan rings is 1. The summed E-state index contributed by atoms with van der Waals surface area (Å²) in [5.74, 6) is -1.00. The number of carbonyl (C=O) groups is 1. The average Bonchev–Trinajstić information content (AvgIpc) is 2.50. The summed E-state index contributed by atoms with van der Waals surface area (Å²) < 4.78 is 15.3. The lowest BCUT2D eigenvalue weighted by Gasteiger charge is -2.00. The summed E-state index contributed by atoms with van der Waals surface area (Å²) in [5.41, 5.74) is -1.40. The standard InChI is InChI=1S/C7H7O5P/c8-7(9)6(13(10)11)4-5-2-1-3-12-5/h1-3,6H,4H2,(H,8,9)/t6-/m0/s1. The summed E-state index contributed by atoms with van der Waals surface area (Å²) in [7, 11) is -2.97. The van der Waals surface area contributed by atoms with Crippen LogP contribution in [0.15, 0.2) is 22.8 Å². The van der Waals surface area contributed by atoms with Crippen molar-refractivity contribution in [3.05, 3.63) is 24.2 Å². The van der Waals surface area contributed by atoms with E-state index < -0.39 is 19.7 Å². The third-order valence-corrected chi connectivity index (χ3v) is 2.43. The van der Waals surface area contributed by atoms with Gasteiger partial charge in [0.25, 0.3) is 5.66 Å². The van der Waals surface area contributed by atoms with Gasteiger partial charge in [0.15, 0.2) is 0 Å². The smallest absolute Gasteiger partial charge is 0.356 e. The fourth-order valence-corrected chi connectivity index (χ4v) is 1.38. The molecule has 0 amide bonds. The molecule has 0 bridgehead atoms. The van der Waals surface area contributed by atoms with Crippen LogP contribution in [0.5, 0.6) is 0 Å². The maximum absolute atomic E-state index is 10.5. The van der Waals surface area contributed by atoms with Gasteiger partial charge in [-0.05, 0) is 12.1 Å². The summed E-state index contributed by atoms with van der Waals surface area (Å²) in [6.07, 6.45) is 1.24. The van der Waals surface area contributed by atoms with Crippen LogP contribution in [0.25, 0.3) is 0 Å². The SMILES string of the molecule is O=C(O)[C@H](Cc1ccco1)[P+](=O)[O-]. The Morgan fingerprint density at radius 3 is 2.85 bits per heavy atom. The molecule has 0 saturated heterocycles. The van der Waals surface area contributed by atoms with E-state index in [1.807, 2.05) is 0 Å². The zero-order chi connectivity index (χ0) is 9.84. The van der Waals surface area contributed by atoms with Crippen molar-refractivity contribution in [1.82, 2.24) is 0 Å². The van der Waals surface area contributed by atoms with Crippen molar-refractivity contribution in [2.75, 3.05) is 0 Å². The molecule has 1 heterocycles. The lowest BCUT2D eigenvalue weighted by molar-refractivity contribution is -0.169. The summed E-state index contributed by atoms with van der Waals surface area (Å²) in [6.45, 7) is 0. The Balaban J connectivity index is 2.69. The Bertz CT molecular complexity index is 291. The Kier molecular flexibility index (Phi) is 3.17. The molecule has 0 radical (unpaired) electrons. The maximum Gasteiger partial charge on any atom is 0.356 e. The highest BCUT2D eigenvalue weighted by Crippen LogP contribution is 2.22. The van der Waals surface area contributed by atoms with E-state index in [0.717, 1.165) is 0 Å². The van der Waals surface area contributed by atoms with Gasteiger partial charge in [0.05, 0.1) is 12.7 Å². The van der Waals surface area contributed by atoms with Gasteiger partial charge in [-0.2, -0.15) is 0 Å². The van der Waals surface area contributed by atoms with Crippen molar-refractivity contribution in [1.29, 1.82) is 0 Å². The van der Waals surface area contributed by atoms with Crippen LogP contribution in [-0.4, -0.2) is 16.7 Å². The molecule has 1 N–H and O–H groups in total. The van der Waals surface area contributed by atoms with Gasteiger partial charge in [-0.1, -0.05) is 4.57 Å². The van der Waals surface area contributed by atoms with E-state index in [-0.39, 0.29) is 6.42 Å². The molecule has 0 fully saturated rings. The lowest BCUT2D eigenvalue weighted by Crippen LogP contribution is -2.22. The highest BCUT2D eigenvalue weighted by Gasteiger charge is 2.31. The van der Waals surface area contributed by atoms with Crippen LogP contribution in [0.3, 0.4) is 0 Å². The first kappa shape index (κ1) is 9.89. The first-order chi connectivity index (χ1) is 6.11. The number of carboxylic acid groups (broad SMARTS) is 1. The van der Waals surface area contributed by atoms with Gasteiger partial charge in [-0.3, -0.25) is 0 Å². The van der Waals surface area contributed by atoms with Crippen LogP contribution in [0.4, 0.5) is 0 Å². The molecule has 5 nitrogen and oxygen atoms in total. The van der Waals surface area contributed by atoms with E-state index in [0.29, 0.717) is 5.76 Å². The van der Waals surface area contributed by atoms with Crippen LogP contribution < -0.4 is 4.89 Å². The molecule has 70 valence electrons. The normalized spacial score (nSPS) is 13.8. The van der Waals surface area contributed by atoms with E-state index in [9.17, 15) is 14.3 Å². The maximum atomic E-state index is 10.5. The Morgan fingerprint density at radius 1 is 1.77 bits per heavy atom. The number of carboxylic acids is 1. The van der Waals surface area contributed by atoms with Gasteiger partial charge in [0.2, 0.25) is 0 Å². The van der Waals surface area contributed by atoms with Crippen LogP contribution in [0.2, 0.25) is 0 Å². The molecule has 0 saturated carbocycles. The molecular weight excluding hydrogens is 195 g/mol. The average molecular weight is 202 g/mol. The second kappa shape index (κ2) is 4.16. The molecular formula is C7H7O5P. The largest absolute Gasteiger partial charge is 0.595 e. The van der Waals surface area contributed by atoms with Crippen LogP contribution >= 0.6 is 8.03 Å². The zero-order valence-electron chi connectivity index (χ0n) is 6.54.